The molecule has 0 amide bonds. The van der Waals surface area contributed by atoms with Crippen molar-refractivity contribution in [3.63, 3.8) is 0 Å². The fourth-order valence-corrected chi connectivity index (χ4v) is 1.77. The molecule has 4 nitrogen and oxygen atoms in total. The molecule has 1 saturated heterocycles. The van der Waals surface area contributed by atoms with E-state index in [2.05, 4.69) is 3.07 Å². The molecule has 1 aliphatic heterocycles. The van der Waals surface area contributed by atoms with Crippen molar-refractivity contribution in [1.29, 1.82) is 0 Å². The zero-order valence-electron chi connectivity index (χ0n) is 7.29. The van der Waals surface area contributed by atoms with Crippen molar-refractivity contribution in [3.8, 4) is 0 Å². The Labute approximate surface area is 90.7 Å². The zero-order chi connectivity index (χ0) is 9.84. The van der Waals surface area contributed by atoms with Crippen molar-refractivity contribution >= 4 is 34.8 Å². The molecule has 1 fully saturated rings. The highest BCUT2D eigenvalue weighted by Crippen LogP contribution is 2.22. The van der Waals surface area contributed by atoms with Crippen LogP contribution in [-0.2, 0) is 17.4 Å². The van der Waals surface area contributed by atoms with Crippen LogP contribution in [0, 0.1) is 5.92 Å². The number of carbonyl (C=O) groups is 2. The Kier molecular flexibility index (Phi) is 4.11. The summed E-state index contributed by atoms with van der Waals surface area (Å²) in [5, 5.41) is 0. The van der Waals surface area contributed by atoms with Crippen LogP contribution in [0.5, 0.6) is 0 Å². The largest absolute Gasteiger partial charge is 0.394 e. The molecule has 5 heteroatoms. The van der Waals surface area contributed by atoms with E-state index in [-0.39, 0.29) is 30.4 Å². The maximum Gasteiger partial charge on any atom is 0.320 e. The molecular formula is C8H11IO4. The maximum absolute atomic E-state index is 11.2. The van der Waals surface area contributed by atoms with E-state index in [0.29, 0.717) is 12.8 Å². The van der Waals surface area contributed by atoms with Crippen LogP contribution in [0.3, 0.4) is 0 Å². The third-order valence-electron chi connectivity index (χ3n) is 2.15. The van der Waals surface area contributed by atoms with Gasteiger partial charge in [-0.25, -0.2) is 0 Å². The molecule has 0 N–H and O–H groups in total. The second-order valence-corrected chi connectivity index (χ2v) is 3.44. The molecule has 0 aromatic rings. The van der Waals surface area contributed by atoms with Gasteiger partial charge >= 0.3 is 5.97 Å². The molecule has 13 heavy (non-hydrogen) atoms. The lowest BCUT2D eigenvalue weighted by molar-refractivity contribution is -0.140. The van der Waals surface area contributed by atoms with Gasteiger partial charge in [0.05, 0.1) is 12.0 Å². The molecule has 1 aliphatic rings. The van der Waals surface area contributed by atoms with Crippen LogP contribution in [0.15, 0.2) is 0 Å². The first-order valence-corrected chi connectivity index (χ1v) is 5.02. The smallest absolute Gasteiger partial charge is 0.320 e. The van der Waals surface area contributed by atoms with E-state index in [1.54, 1.807) is 23.0 Å². The molecule has 1 heterocycles. The van der Waals surface area contributed by atoms with E-state index in [0.717, 1.165) is 0 Å². The summed E-state index contributed by atoms with van der Waals surface area (Å²) in [5.74, 6) is -0.546. The van der Waals surface area contributed by atoms with Crippen molar-refractivity contribution in [2.45, 2.75) is 25.9 Å². The Morgan fingerprint density at radius 2 is 2.54 bits per heavy atom. The fourth-order valence-electron chi connectivity index (χ4n) is 1.44. The van der Waals surface area contributed by atoms with E-state index in [9.17, 15) is 9.59 Å². The minimum Gasteiger partial charge on any atom is -0.394 e. The predicted octanol–water partition coefficient (Wildman–Crippen LogP) is 1.26. The van der Waals surface area contributed by atoms with Crippen LogP contribution in [0.1, 0.15) is 19.8 Å². The number of hydrogen-bond acceptors (Lipinski definition) is 4. The van der Waals surface area contributed by atoms with Crippen molar-refractivity contribution < 1.29 is 17.4 Å². The van der Waals surface area contributed by atoms with Crippen molar-refractivity contribution in [3.05, 3.63) is 0 Å². The molecule has 74 valence electrons. The van der Waals surface area contributed by atoms with Crippen molar-refractivity contribution in [2.24, 2.45) is 5.92 Å². The maximum atomic E-state index is 11.2. The summed E-state index contributed by atoms with van der Waals surface area (Å²) in [6.07, 6.45) is 0.698. The van der Waals surface area contributed by atoms with E-state index in [4.69, 9.17) is 4.74 Å². The summed E-state index contributed by atoms with van der Waals surface area (Å²) in [4.78, 5) is 22.1. The van der Waals surface area contributed by atoms with Gasteiger partial charge in [-0.3, -0.25) is 9.59 Å². The van der Waals surface area contributed by atoms with Crippen molar-refractivity contribution in [1.82, 2.24) is 0 Å². The molecule has 0 spiro atoms. The topological polar surface area (TPSA) is 52.6 Å². The molecule has 0 bridgehead atoms. The van der Waals surface area contributed by atoms with Crippen molar-refractivity contribution in [2.75, 3.05) is 6.61 Å². The van der Waals surface area contributed by atoms with Gasteiger partial charge in [0.15, 0.2) is 28.8 Å². The normalized spacial score (nSPS) is 24.5. The van der Waals surface area contributed by atoms with Gasteiger partial charge in [0.2, 0.25) is 0 Å². The Hall–Kier alpha value is -0.170. The number of carbonyl (C=O) groups excluding carboxylic acids is 2. The number of rotatable bonds is 3. The van der Waals surface area contributed by atoms with Gasteiger partial charge in [0.1, 0.15) is 6.61 Å². The quantitative estimate of drug-likeness (QED) is 0.736. The average molecular weight is 298 g/mol. The van der Waals surface area contributed by atoms with Crippen LogP contribution in [0.25, 0.3) is 0 Å². The molecule has 0 aromatic heterocycles. The van der Waals surface area contributed by atoms with Crippen LogP contribution in [-0.4, -0.2) is 24.5 Å². The van der Waals surface area contributed by atoms with Crippen LogP contribution < -0.4 is 0 Å². The van der Waals surface area contributed by atoms with Crippen LogP contribution >= 0.6 is 23.0 Å². The Bertz CT molecular complexity index is 216. The summed E-state index contributed by atoms with van der Waals surface area (Å²) in [6, 6.07) is 0. The Morgan fingerprint density at radius 1 is 1.85 bits per heavy atom. The molecule has 0 aliphatic carbocycles. The van der Waals surface area contributed by atoms with Gasteiger partial charge < -0.3 is 7.80 Å². The highest BCUT2D eigenvalue weighted by Gasteiger charge is 2.34. The minimum absolute atomic E-state index is 0.0599. The number of Topliss-reactive ketones (excluding diaryl/α,β-unsaturated/α-hetero) is 1. The lowest BCUT2D eigenvalue weighted by atomic mass is 9.97. The van der Waals surface area contributed by atoms with Gasteiger partial charge in [0, 0.05) is 6.42 Å². The third-order valence-corrected chi connectivity index (χ3v) is 2.59. The molecule has 1 unspecified atom stereocenters. The first-order valence-electron chi connectivity index (χ1n) is 4.14. The average Bonchev–Trinajstić information content (AvgIpc) is 2.53. The van der Waals surface area contributed by atoms with Gasteiger partial charge in [-0.15, -0.1) is 0 Å². The SMILES string of the molecule is CC[C@@H](C(=O)OI)C1CC(=O)CO1. The summed E-state index contributed by atoms with van der Waals surface area (Å²) in [6.45, 7) is 2.01. The minimum atomic E-state index is -0.303. The number of ether oxygens (including phenoxy) is 1. The lowest BCUT2D eigenvalue weighted by Gasteiger charge is -2.16. The first kappa shape index (κ1) is 10.9. The highest BCUT2D eigenvalue weighted by molar-refractivity contribution is 14.1. The molecule has 0 radical (unpaired) electrons. The summed E-state index contributed by atoms with van der Waals surface area (Å²) in [7, 11) is 0. The third kappa shape index (κ3) is 2.63. The second kappa shape index (κ2) is 4.90. The van der Waals surface area contributed by atoms with E-state index < -0.39 is 0 Å². The first-order chi connectivity index (χ1) is 6.19. The monoisotopic (exact) mass is 298 g/mol. The Morgan fingerprint density at radius 3 is 2.92 bits per heavy atom. The fraction of sp³-hybridized carbons (Fsp3) is 0.750. The van der Waals surface area contributed by atoms with Crippen LogP contribution in [0.2, 0.25) is 0 Å². The zero-order valence-corrected chi connectivity index (χ0v) is 9.44. The lowest BCUT2D eigenvalue weighted by Crippen LogP contribution is -2.27. The van der Waals surface area contributed by atoms with E-state index in [1.165, 1.54) is 0 Å². The Balaban J connectivity index is 2.56. The second-order valence-electron chi connectivity index (χ2n) is 3.00. The van der Waals surface area contributed by atoms with Gasteiger partial charge in [-0.2, -0.15) is 0 Å². The molecule has 0 saturated carbocycles. The van der Waals surface area contributed by atoms with Gasteiger partial charge in [0.25, 0.3) is 0 Å². The number of ketones is 1. The highest BCUT2D eigenvalue weighted by atomic mass is 127. The van der Waals surface area contributed by atoms with Gasteiger partial charge in [-0.1, -0.05) is 6.92 Å². The summed E-state index contributed by atoms with van der Waals surface area (Å²) >= 11 is 1.55. The summed E-state index contributed by atoms with van der Waals surface area (Å²) < 4.78 is 9.78. The van der Waals surface area contributed by atoms with Gasteiger partial charge in [-0.05, 0) is 6.42 Å². The standard InChI is InChI=1S/C8H11IO4/c1-2-6(8(11)13-9)7-3-5(10)4-12-7/h6-7H,2-4H2,1H3/t6-,7?/m1/s1. The molecular weight excluding hydrogens is 287 g/mol. The van der Waals surface area contributed by atoms with Crippen LogP contribution in [0.4, 0.5) is 0 Å². The molecule has 2 atom stereocenters. The number of hydrogen-bond donors (Lipinski definition) is 0. The molecule has 0 aromatic carbocycles. The predicted molar refractivity (Wildman–Crippen MR) is 53.3 cm³/mol. The number of halogens is 1. The van der Waals surface area contributed by atoms with E-state index in [1.807, 2.05) is 6.92 Å². The van der Waals surface area contributed by atoms with E-state index >= 15 is 0 Å². The summed E-state index contributed by atoms with van der Waals surface area (Å²) in [5.41, 5.74) is 0. The molecule has 1 rings (SSSR count).